The number of likely N-dealkylation sites (N-methyl/N-ethyl adjacent to an activating group) is 1. The van der Waals surface area contributed by atoms with Crippen molar-refractivity contribution in [2.75, 3.05) is 19.6 Å². The number of nitrogens with zero attached hydrogens (tertiary/aromatic N) is 1. The van der Waals surface area contributed by atoms with E-state index >= 15 is 0 Å². The lowest BCUT2D eigenvalue weighted by atomic mass is 9.92. The Balaban J connectivity index is 2.05. The number of benzene rings is 2. The molecule has 0 aromatic heterocycles. The van der Waals surface area contributed by atoms with Crippen LogP contribution in [-0.2, 0) is 4.79 Å². The molecule has 6 heteroatoms. The van der Waals surface area contributed by atoms with Crippen LogP contribution in [0, 0.1) is 0 Å². The number of aromatic carboxylic acids is 2. The first-order valence-corrected chi connectivity index (χ1v) is 9.23. The second kappa shape index (κ2) is 8.67. The van der Waals surface area contributed by atoms with Gasteiger partial charge in [-0.3, -0.25) is 9.69 Å². The van der Waals surface area contributed by atoms with Gasteiger partial charge in [0.25, 0.3) is 0 Å². The van der Waals surface area contributed by atoms with E-state index in [2.05, 4.69) is 0 Å². The van der Waals surface area contributed by atoms with Gasteiger partial charge in [-0.25, -0.2) is 9.59 Å². The van der Waals surface area contributed by atoms with Gasteiger partial charge in [-0.1, -0.05) is 43.3 Å². The van der Waals surface area contributed by atoms with Crippen LogP contribution in [0.25, 0.3) is 12.2 Å². The minimum absolute atomic E-state index is 0.128. The maximum absolute atomic E-state index is 13.1. The number of Topliss-reactive ketones (excluding diaryl/α,β-unsaturated/α-hetero) is 1. The highest BCUT2D eigenvalue weighted by molar-refractivity contribution is 6.15. The molecule has 0 saturated carbocycles. The van der Waals surface area contributed by atoms with Crippen molar-refractivity contribution >= 4 is 29.9 Å². The lowest BCUT2D eigenvalue weighted by Crippen LogP contribution is -2.37. The van der Waals surface area contributed by atoms with Gasteiger partial charge in [-0.2, -0.15) is 0 Å². The second-order valence-corrected chi connectivity index (χ2v) is 6.76. The van der Waals surface area contributed by atoms with Gasteiger partial charge in [0.05, 0.1) is 11.1 Å². The van der Waals surface area contributed by atoms with E-state index in [1.807, 2.05) is 11.8 Å². The molecule has 148 valence electrons. The van der Waals surface area contributed by atoms with E-state index in [4.69, 9.17) is 0 Å². The van der Waals surface area contributed by atoms with Gasteiger partial charge in [0.1, 0.15) is 0 Å². The Labute approximate surface area is 168 Å². The first-order chi connectivity index (χ1) is 13.9. The highest BCUT2D eigenvalue weighted by atomic mass is 16.4. The average molecular weight is 391 g/mol. The van der Waals surface area contributed by atoms with Crippen LogP contribution < -0.4 is 0 Å². The summed E-state index contributed by atoms with van der Waals surface area (Å²) < 4.78 is 0. The van der Waals surface area contributed by atoms with Gasteiger partial charge in [0.2, 0.25) is 0 Å². The lowest BCUT2D eigenvalue weighted by molar-refractivity contribution is -0.113. The first kappa shape index (κ1) is 20.2. The van der Waals surface area contributed by atoms with E-state index in [1.165, 1.54) is 12.1 Å². The molecule has 3 rings (SSSR count). The molecule has 1 heterocycles. The molecule has 0 spiro atoms. The summed E-state index contributed by atoms with van der Waals surface area (Å²) in [6, 6.07) is 13.1. The molecule has 2 aromatic rings. The molecule has 2 N–H and O–H groups in total. The average Bonchev–Trinajstić information content (AvgIpc) is 2.71. The fourth-order valence-corrected chi connectivity index (χ4v) is 3.34. The molecule has 0 bridgehead atoms. The Morgan fingerprint density at radius 1 is 0.862 bits per heavy atom. The van der Waals surface area contributed by atoms with Crippen LogP contribution in [0.3, 0.4) is 0 Å². The third-order valence-corrected chi connectivity index (χ3v) is 4.86. The van der Waals surface area contributed by atoms with Crippen LogP contribution in [0.15, 0.2) is 59.7 Å². The highest BCUT2D eigenvalue weighted by Crippen LogP contribution is 2.24. The van der Waals surface area contributed by atoms with Gasteiger partial charge in [0.15, 0.2) is 5.78 Å². The maximum atomic E-state index is 13.1. The van der Waals surface area contributed by atoms with Gasteiger partial charge >= 0.3 is 11.9 Å². The largest absolute Gasteiger partial charge is 0.478 e. The third-order valence-electron chi connectivity index (χ3n) is 4.86. The monoisotopic (exact) mass is 391 g/mol. The Bertz CT molecular complexity index is 956. The quantitative estimate of drug-likeness (QED) is 0.758. The van der Waals surface area contributed by atoms with Crippen molar-refractivity contribution in [1.82, 2.24) is 4.90 Å². The molecule has 1 aliphatic heterocycles. The maximum Gasteiger partial charge on any atom is 0.336 e. The third kappa shape index (κ3) is 4.50. The summed E-state index contributed by atoms with van der Waals surface area (Å²) in [5, 5.41) is 18.8. The Morgan fingerprint density at radius 2 is 1.28 bits per heavy atom. The number of carboxylic acids is 2. The minimum atomic E-state index is -1.06. The zero-order valence-electron chi connectivity index (χ0n) is 16.0. The molecule has 2 aromatic carbocycles. The smallest absolute Gasteiger partial charge is 0.336 e. The number of carboxylic acid groups (broad SMARTS) is 2. The molecular weight excluding hydrogens is 370 g/mol. The van der Waals surface area contributed by atoms with Crippen molar-refractivity contribution in [2.24, 2.45) is 0 Å². The molecule has 1 fully saturated rings. The van der Waals surface area contributed by atoms with Crippen molar-refractivity contribution in [3.8, 4) is 0 Å². The van der Waals surface area contributed by atoms with E-state index in [9.17, 15) is 24.6 Å². The Hall–Kier alpha value is -3.51. The summed E-state index contributed by atoms with van der Waals surface area (Å²) in [4.78, 5) is 38.1. The molecule has 0 aliphatic carbocycles. The predicted octanol–water partition coefficient (Wildman–Crippen LogP) is 3.45. The van der Waals surface area contributed by atoms with Crippen LogP contribution >= 0.6 is 0 Å². The van der Waals surface area contributed by atoms with Crippen LogP contribution in [-0.4, -0.2) is 52.5 Å². The molecule has 1 aliphatic rings. The summed E-state index contributed by atoms with van der Waals surface area (Å²) in [6.07, 6.45) is 3.23. The second-order valence-electron chi connectivity index (χ2n) is 6.76. The zero-order valence-corrected chi connectivity index (χ0v) is 16.0. The van der Waals surface area contributed by atoms with Crippen LogP contribution in [0.1, 0.15) is 38.8 Å². The minimum Gasteiger partial charge on any atom is -0.478 e. The first-order valence-electron chi connectivity index (χ1n) is 9.23. The fourth-order valence-electron chi connectivity index (χ4n) is 3.34. The van der Waals surface area contributed by atoms with E-state index in [0.29, 0.717) is 41.9 Å². The number of hydrogen-bond donors (Lipinski definition) is 2. The highest BCUT2D eigenvalue weighted by Gasteiger charge is 2.26. The van der Waals surface area contributed by atoms with Gasteiger partial charge in [-0.15, -0.1) is 0 Å². The van der Waals surface area contributed by atoms with Crippen LogP contribution in [0.4, 0.5) is 0 Å². The topological polar surface area (TPSA) is 94.9 Å². The number of ketones is 1. The molecule has 6 nitrogen and oxygen atoms in total. The molecular formula is C23H21NO5. The summed E-state index contributed by atoms with van der Waals surface area (Å²) in [5.74, 6) is -2.31. The number of hydrogen-bond acceptors (Lipinski definition) is 4. The van der Waals surface area contributed by atoms with E-state index in [-0.39, 0.29) is 16.9 Å². The van der Waals surface area contributed by atoms with Gasteiger partial charge in [0, 0.05) is 24.2 Å². The van der Waals surface area contributed by atoms with E-state index in [1.54, 1.807) is 48.6 Å². The molecule has 1 saturated heterocycles. The van der Waals surface area contributed by atoms with Crippen molar-refractivity contribution in [3.63, 3.8) is 0 Å². The van der Waals surface area contributed by atoms with Gasteiger partial charge < -0.3 is 10.2 Å². The summed E-state index contributed by atoms with van der Waals surface area (Å²) >= 11 is 0. The zero-order chi connectivity index (χ0) is 21.0. The number of carbonyl (C=O) groups is 3. The number of rotatable bonds is 5. The summed E-state index contributed by atoms with van der Waals surface area (Å²) in [6.45, 7) is 3.48. The Kier molecular flexibility index (Phi) is 6.04. The number of carbonyl (C=O) groups excluding carboxylic acids is 1. The fraction of sp³-hybridized carbons (Fsp3) is 0.174. The molecule has 29 heavy (non-hydrogen) atoms. The Morgan fingerprint density at radius 3 is 1.66 bits per heavy atom. The normalized spacial score (nSPS) is 17.6. The van der Waals surface area contributed by atoms with Crippen LogP contribution in [0.2, 0.25) is 0 Å². The van der Waals surface area contributed by atoms with Crippen molar-refractivity contribution in [1.29, 1.82) is 0 Å². The molecule has 0 radical (unpaired) electrons. The van der Waals surface area contributed by atoms with Crippen LogP contribution in [0.5, 0.6) is 0 Å². The lowest BCUT2D eigenvalue weighted by Gasteiger charge is -2.28. The molecule has 0 unspecified atom stereocenters. The molecule has 0 atom stereocenters. The van der Waals surface area contributed by atoms with Crippen molar-refractivity contribution in [2.45, 2.75) is 6.92 Å². The predicted molar refractivity (Wildman–Crippen MR) is 110 cm³/mol. The number of likely N-dealkylation sites (tertiary alicyclic amines) is 1. The van der Waals surface area contributed by atoms with Crippen molar-refractivity contribution < 1.29 is 24.6 Å². The van der Waals surface area contributed by atoms with E-state index < -0.39 is 11.9 Å². The molecule has 0 amide bonds. The SMILES string of the molecule is CCN1C/C(=C\c2ccccc2C(=O)O)C(=O)/C(=C/c2ccccc2C(=O)O)C1. The summed E-state index contributed by atoms with van der Waals surface area (Å²) in [7, 11) is 0. The van der Waals surface area contributed by atoms with E-state index in [0.717, 1.165) is 0 Å². The van der Waals surface area contributed by atoms with Crippen molar-refractivity contribution in [3.05, 3.63) is 81.9 Å². The standard InChI is InChI=1S/C23H21NO5/c1-2-24-13-17(11-15-7-3-5-9-19(15)22(26)27)21(25)18(14-24)12-16-8-4-6-10-20(16)23(28)29/h3-12H,2,13-14H2,1H3,(H,26,27)(H,28,29)/b17-11+,18-12+. The number of piperidine rings is 1. The van der Waals surface area contributed by atoms with Gasteiger partial charge in [-0.05, 0) is 42.0 Å². The summed E-state index contributed by atoms with van der Waals surface area (Å²) in [5.41, 5.74) is 2.14.